The van der Waals surface area contributed by atoms with Gasteiger partial charge in [-0.1, -0.05) is 194 Å². The lowest BCUT2D eigenvalue weighted by Gasteiger charge is -2.55. The number of benzene rings is 8. The molecule has 4 heterocycles. The second-order valence-electron chi connectivity index (χ2n) is 37.0. The molecule has 0 radical (unpaired) electrons. The molecule has 4 fully saturated rings. The Labute approximate surface area is 575 Å². The molecule has 4 aliphatic heterocycles. The molecule has 12 nitrogen and oxygen atoms in total. The van der Waals surface area contributed by atoms with Gasteiger partial charge in [-0.15, -0.1) is 0 Å². The van der Waals surface area contributed by atoms with Crippen LogP contribution >= 0.6 is 0 Å². The van der Waals surface area contributed by atoms with Gasteiger partial charge in [-0.25, -0.2) is 0 Å². The number of carbonyl (C=O) groups is 2. The first kappa shape index (κ1) is 62.8. The average Bonchev–Trinajstić information content (AvgIpc) is 0.714. The number of carbonyl (C=O) groups excluding carboxylic acids is 2. The van der Waals surface area contributed by atoms with E-state index in [1.807, 2.05) is 24.3 Å². The van der Waals surface area contributed by atoms with E-state index in [-0.39, 0.29) is 66.9 Å². The number of anilines is 6. The standard InChI is InChI=1S/C44H50N4O2.C42H46N4O2/c1-39(2)19-40(3,4)22-43(21-39)45-29-13-9-11-25-15-17-27(35(47-43)31(25)29)33-37(49)34(38(33)50)28-18-16-26-12-10-14-30-32(26)36(28)48-44(46-30)23-41(5,6)20-42(7,8)24-44;1-23-17-39(3,4)21-41(19-23)43-29-11-7-9-25-13-15-27(35(45-41)31(25)29)33-37(47)34(38(33)48)28-16-14-26-10-8-12-30-32(26)36(28)46-42(44-30)20-24(2)18-40(5,6)22-42/h9-18,45-47,49H,19-24H2,1-8H3;7-16,23-24,43-45,47H,17-22H2,1-6H3. The molecule has 10 aliphatic rings. The third-order valence-electron chi connectivity index (χ3n) is 23.7. The van der Waals surface area contributed by atoms with Crippen LogP contribution < -0.4 is 53.1 Å². The van der Waals surface area contributed by atoms with Gasteiger partial charge in [0.2, 0.25) is 11.6 Å². The normalized spacial score (nSPS) is 28.1. The Bertz CT molecular complexity index is 5240. The van der Waals surface area contributed by atoms with Crippen LogP contribution in [0.2, 0.25) is 0 Å². The highest BCUT2D eigenvalue weighted by Gasteiger charge is 2.53. The molecule has 98 heavy (non-hydrogen) atoms. The van der Waals surface area contributed by atoms with Crippen molar-refractivity contribution in [3.05, 3.63) is 165 Å². The molecule has 0 aromatic heterocycles. The van der Waals surface area contributed by atoms with E-state index < -0.39 is 11.3 Å². The number of rotatable bonds is 2. The Morgan fingerprint density at radius 3 is 1.15 bits per heavy atom. The molecule has 8 N–H and O–H groups in total. The van der Waals surface area contributed by atoms with Crippen molar-refractivity contribution in [2.45, 2.75) is 197 Å². The molecule has 0 amide bonds. The van der Waals surface area contributed by atoms with Crippen LogP contribution in [-0.2, 0) is 9.59 Å². The van der Waals surface area contributed by atoms with Crippen LogP contribution in [0.4, 0.5) is 34.1 Å². The minimum atomic E-state index is -0.496. The highest BCUT2D eigenvalue weighted by molar-refractivity contribution is 6.53. The number of Topliss-reactive ketones (excluding diaryl/α,β-unsaturated/α-hetero) is 2. The van der Waals surface area contributed by atoms with Gasteiger partial charge in [0.25, 0.3) is 0 Å². The van der Waals surface area contributed by atoms with Crippen LogP contribution in [0.5, 0.6) is 0 Å². The fourth-order valence-corrected chi connectivity index (χ4v) is 23.1. The number of nitrogens with zero attached hydrogens (tertiary/aromatic N) is 2. The zero-order valence-corrected chi connectivity index (χ0v) is 59.8. The van der Waals surface area contributed by atoms with Gasteiger partial charge in [-0.05, 0) is 167 Å². The van der Waals surface area contributed by atoms with Gasteiger partial charge in [-0.3, -0.25) is 19.6 Å². The molecular formula is C86H96N8O4. The Morgan fingerprint density at radius 2 is 0.704 bits per heavy atom. The predicted molar refractivity (Wildman–Crippen MR) is 402 cm³/mol. The van der Waals surface area contributed by atoms with Crippen LogP contribution in [0, 0.1) is 44.3 Å². The number of ketones is 2. The highest BCUT2D eigenvalue weighted by atomic mass is 16.3. The van der Waals surface area contributed by atoms with Crippen molar-refractivity contribution < 1.29 is 19.8 Å². The molecule has 4 unspecified atom stereocenters. The van der Waals surface area contributed by atoms with Gasteiger partial charge in [0.05, 0.1) is 44.4 Å². The summed E-state index contributed by atoms with van der Waals surface area (Å²) in [6.45, 7) is 32.8. The summed E-state index contributed by atoms with van der Waals surface area (Å²) in [6, 6.07) is 41.7. The fourth-order valence-electron chi connectivity index (χ4n) is 23.1. The Hall–Kier alpha value is -8.64. The van der Waals surface area contributed by atoms with Gasteiger partial charge >= 0.3 is 0 Å². The van der Waals surface area contributed by atoms with Gasteiger partial charge in [0.15, 0.2) is 0 Å². The highest BCUT2D eigenvalue weighted by Crippen LogP contribution is 2.58. The molecule has 4 saturated carbocycles. The third-order valence-corrected chi connectivity index (χ3v) is 23.7. The van der Waals surface area contributed by atoms with E-state index in [0.29, 0.717) is 34.1 Å². The second kappa shape index (κ2) is 20.5. The number of nitrogens with one attached hydrogen (secondary N) is 6. The Morgan fingerprint density at radius 1 is 0.347 bits per heavy atom. The minimum absolute atomic E-state index is 0.0573. The Kier molecular flexibility index (Phi) is 13.1. The first-order valence-corrected chi connectivity index (χ1v) is 36.2. The monoisotopic (exact) mass is 1300 g/mol. The zero-order chi connectivity index (χ0) is 68.6. The van der Waals surface area contributed by atoms with E-state index in [4.69, 9.17) is 9.98 Å². The Balaban J connectivity index is 0.000000147. The molecular weight excluding hydrogens is 1210 g/mol. The number of aliphatic hydroxyl groups excluding tert-OH is 2. The van der Waals surface area contributed by atoms with E-state index >= 15 is 0 Å². The van der Waals surface area contributed by atoms with Crippen molar-refractivity contribution in [1.82, 2.24) is 0 Å². The summed E-state index contributed by atoms with van der Waals surface area (Å²) >= 11 is 0. The summed E-state index contributed by atoms with van der Waals surface area (Å²) in [5, 5.41) is 59.1. The smallest absolute Gasteiger partial charge is 0.201 e. The lowest BCUT2D eigenvalue weighted by atomic mass is 9.60. The van der Waals surface area contributed by atoms with Crippen molar-refractivity contribution in [2.24, 2.45) is 54.3 Å². The lowest BCUT2D eigenvalue weighted by molar-refractivity contribution is -0.110. The second-order valence-corrected chi connectivity index (χ2v) is 37.0. The number of hydrogen-bond acceptors (Lipinski definition) is 12. The largest absolute Gasteiger partial charge is 0.506 e. The molecule has 6 aliphatic carbocycles. The van der Waals surface area contributed by atoms with Crippen LogP contribution in [0.3, 0.4) is 0 Å². The number of hydrogen-bond donors (Lipinski definition) is 8. The molecule has 504 valence electrons. The summed E-state index contributed by atoms with van der Waals surface area (Å²) in [5.41, 5.74) is 8.20. The van der Waals surface area contributed by atoms with Gasteiger partial charge in [0.1, 0.15) is 34.2 Å². The molecule has 0 bridgehead atoms. The fraction of sp³-hybridized carbons (Fsp3) is 0.442. The maximum atomic E-state index is 14.6. The summed E-state index contributed by atoms with van der Waals surface area (Å²) in [4.78, 5) is 40.1. The maximum absolute atomic E-state index is 14.6. The summed E-state index contributed by atoms with van der Waals surface area (Å²) in [6.07, 6.45) is 12.0. The zero-order valence-electron chi connectivity index (χ0n) is 59.8. The maximum Gasteiger partial charge on any atom is 0.201 e. The SMILES string of the molecule is CC1(C)CC(C)(C)CC2(C1)N=c1c(=C3C(=O)C(c4ccc5cccc6c5c4NC4(CC(C)(C)CC(C)(C)C4)N6)=C3O)ccc3cccc(c13)N2.CC1CC(C)(C)CC2(C1)N=c1c(=C3C(=O)C(c4ccc5cccc6c5c4NC4(CC(C)CC(C)(C)C4)N6)=C3O)ccc3cccc(c13)N2. The van der Waals surface area contributed by atoms with E-state index in [1.54, 1.807) is 0 Å². The van der Waals surface area contributed by atoms with Crippen LogP contribution in [0.1, 0.15) is 185 Å². The van der Waals surface area contributed by atoms with Crippen molar-refractivity contribution in [3.63, 3.8) is 0 Å². The van der Waals surface area contributed by atoms with Crippen LogP contribution in [0.25, 0.3) is 65.4 Å². The average molecular weight is 1310 g/mol. The molecule has 4 atom stereocenters. The van der Waals surface area contributed by atoms with Crippen molar-refractivity contribution in [2.75, 3.05) is 31.9 Å². The van der Waals surface area contributed by atoms with Crippen molar-refractivity contribution in [3.8, 4) is 0 Å². The van der Waals surface area contributed by atoms with Gasteiger partial charge in [-0.2, -0.15) is 0 Å². The third kappa shape index (κ3) is 9.99. The summed E-state index contributed by atoms with van der Waals surface area (Å²) < 4.78 is 0. The predicted octanol–water partition coefficient (Wildman–Crippen LogP) is 18.1. The number of allylic oxidation sites excluding steroid dienone is 4. The van der Waals surface area contributed by atoms with Crippen molar-refractivity contribution in [1.29, 1.82) is 0 Å². The van der Waals surface area contributed by atoms with Crippen LogP contribution in [-0.4, -0.2) is 44.4 Å². The van der Waals surface area contributed by atoms with Gasteiger partial charge < -0.3 is 42.1 Å². The van der Waals surface area contributed by atoms with E-state index in [2.05, 4.69) is 226 Å². The molecule has 8 aromatic carbocycles. The molecule has 4 spiro atoms. The summed E-state index contributed by atoms with van der Waals surface area (Å²) in [5.74, 6) is 0.909. The first-order chi connectivity index (χ1) is 46.1. The minimum Gasteiger partial charge on any atom is -0.506 e. The first-order valence-electron chi connectivity index (χ1n) is 36.2. The molecule has 12 heteroatoms. The van der Waals surface area contributed by atoms with E-state index in [0.717, 1.165) is 180 Å². The summed E-state index contributed by atoms with van der Waals surface area (Å²) in [7, 11) is 0. The van der Waals surface area contributed by atoms with E-state index in [9.17, 15) is 19.8 Å². The quantitative estimate of drug-likeness (QED) is 0.0833. The topological polar surface area (TPSA) is 172 Å². The molecule has 8 aromatic rings. The molecule has 0 saturated heterocycles. The van der Waals surface area contributed by atoms with Gasteiger partial charge in [0, 0.05) is 65.9 Å². The molecule has 18 rings (SSSR count). The van der Waals surface area contributed by atoms with Crippen molar-refractivity contribution >= 4 is 111 Å². The number of aliphatic hydroxyl groups is 2. The van der Waals surface area contributed by atoms with Crippen LogP contribution in [0.15, 0.2) is 143 Å². The lowest BCUT2D eigenvalue weighted by Crippen LogP contribution is -2.57. The van der Waals surface area contributed by atoms with E-state index in [1.165, 1.54) is 6.42 Å².